The fourth-order valence-electron chi connectivity index (χ4n) is 1.13. The summed E-state index contributed by atoms with van der Waals surface area (Å²) in [5, 5.41) is 0.962. The minimum Gasteiger partial charge on any atom is -0.352 e. The third-order valence-corrected chi connectivity index (χ3v) is 2.81. The van der Waals surface area contributed by atoms with Crippen molar-refractivity contribution < 1.29 is 9.47 Å². The van der Waals surface area contributed by atoms with E-state index in [2.05, 4.69) is 36.7 Å². The number of alkyl halides is 1. The first-order chi connectivity index (χ1) is 5.54. The maximum atomic E-state index is 5.59. The summed E-state index contributed by atoms with van der Waals surface area (Å²) in [6, 6.07) is 0. The SMILES string of the molecule is CC(C)(C)C1OCC(CBr)CO1. The van der Waals surface area contributed by atoms with Crippen LogP contribution in [0.4, 0.5) is 0 Å². The molecular weight excluding hydrogens is 220 g/mol. The average Bonchev–Trinajstić information content (AvgIpc) is 2.03. The van der Waals surface area contributed by atoms with Gasteiger partial charge in [0.05, 0.1) is 13.2 Å². The Labute approximate surface area is 82.7 Å². The van der Waals surface area contributed by atoms with Gasteiger partial charge in [0.15, 0.2) is 6.29 Å². The molecule has 72 valence electrons. The molecule has 0 aromatic heterocycles. The second-order valence-corrected chi connectivity index (χ2v) is 5.03. The molecule has 1 aliphatic rings. The second-order valence-electron chi connectivity index (χ2n) is 4.38. The number of ether oxygens (including phenoxy) is 2. The highest BCUT2D eigenvalue weighted by molar-refractivity contribution is 9.09. The zero-order chi connectivity index (χ0) is 9.19. The van der Waals surface area contributed by atoms with Gasteiger partial charge in [-0.2, -0.15) is 0 Å². The highest BCUT2D eigenvalue weighted by Gasteiger charge is 2.31. The molecule has 0 aromatic rings. The molecule has 0 spiro atoms. The quantitative estimate of drug-likeness (QED) is 0.652. The van der Waals surface area contributed by atoms with Gasteiger partial charge in [0, 0.05) is 16.7 Å². The van der Waals surface area contributed by atoms with Gasteiger partial charge in [0.2, 0.25) is 0 Å². The van der Waals surface area contributed by atoms with Gasteiger partial charge < -0.3 is 9.47 Å². The zero-order valence-electron chi connectivity index (χ0n) is 7.97. The summed E-state index contributed by atoms with van der Waals surface area (Å²) in [4.78, 5) is 0. The van der Waals surface area contributed by atoms with Gasteiger partial charge in [-0.3, -0.25) is 0 Å². The Balaban J connectivity index is 2.36. The summed E-state index contributed by atoms with van der Waals surface area (Å²) in [7, 11) is 0. The number of hydrogen-bond donors (Lipinski definition) is 0. The van der Waals surface area contributed by atoms with Gasteiger partial charge in [-0.15, -0.1) is 0 Å². The highest BCUT2D eigenvalue weighted by Crippen LogP contribution is 2.27. The Kier molecular flexibility index (Phi) is 3.56. The summed E-state index contributed by atoms with van der Waals surface area (Å²) >= 11 is 3.42. The van der Waals surface area contributed by atoms with Gasteiger partial charge in [-0.1, -0.05) is 36.7 Å². The van der Waals surface area contributed by atoms with E-state index in [0.29, 0.717) is 5.92 Å². The monoisotopic (exact) mass is 236 g/mol. The Bertz CT molecular complexity index is 134. The lowest BCUT2D eigenvalue weighted by Gasteiger charge is -2.36. The first-order valence-corrected chi connectivity index (χ1v) is 5.45. The lowest BCUT2D eigenvalue weighted by Crippen LogP contribution is -2.40. The van der Waals surface area contributed by atoms with E-state index < -0.39 is 0 Å². The lowest BCUT2D eigenvalue weighted by atomic mass is 9.95. The smallest absolute Gasteiger partial charge is 0.162 e. The van der Waals surface area contributed by atoms with Crippen molar-refractivity contribution in [2.45, 2.75) is 27.1 Å². The first-order valence-electron chi connectivity index (χ1n) is 4.33. The predicted molar refractivity (Wildman–Crippen MR) is 52.4 cm³/mol. The molecule has 0 radical (unpaired) electrons. The largest absolute Gasteiger partial charge is 0.352 e. The van der Waals surface area contributed by atoms with Gasteiger partial charge in [0.25, 0.3) is 0 Å². The van der Waals surface area contributed by atoms with E-state index in [0.717, 1.165) is 18.5 Å². The molecule has 0 amide bonds. The maximum absolute atomic E-state index is 5.59. The average molecular weight is 237 g/mol. The van der Waals surface area contributed by atoms with Crippen LogP contribution in [0.1, 0.15) is 20.8 Å². The molecule has 1 heterocycles. The van der Waals surface area contributed by atoms with Crippen LogP contribution < -0.4 is 0 Å². The fraction of sp³-hybridized carbons (Fsp3) is 1.00. The van der Waals surface area contributed by atoms with Crippen LogP contribution in [0.3, 0.4) is 0 Å². The highest BCUT2D eigenvalue weighted by atomic mass is 79.9. The molecule has 1 rings (SSSR count). The first kappa shape index (κ1) is 10.5. The molecule has 0 saturated carbocycles. The molecule has 0 unspecified atom stereocenters. The minimum atomic E-state index is -0.0344. The summed E-state index contributed by atoms with van der Waals surface area (Å²) in [6.07, 6.45) is -0.0344. The van der Waals surface area contributed by atoms with E-state index >= 15 is 0 Å². The van der Waals surface area contributed by atoms with Crippen molar-refractivity contribution >= 4 is 15.9 Å². The molecule has 12 heavy (non-hydrogen) atoms. The van der Waals surface area contributed by atoms with E-state index in [9.17, 15) is 0 Å². The minimum absolute atomic E-state index is 0.0344. The summed E-state index contributed by atoms with van der Waals surface area (Å²) in [5.74, 6) is 0.517. The fourth-order valence-corrected chi connectivity index (χ4v) is 1.51. The Morgan fingerprint density at radius 3 is 2.08 bits per heavy atom. The van der Waals surface area contributed by atoms with Crippen molar-refractivity contribution in [2.75, 3.05) is 18.5 Å². The molecule has 0 N–H and O–H groups in total. The van der Waals surface area contributed by atoms with E-state index in [1.807, 2.05) is 0 Å². The number of halogens is 1. The Morgan fingerprint density at radius 2 is 1.75 bits per heavy atom. The topological polar surface area (TPSA) is 18.5 Å². The van der Waals surface area contributed by atoms with E-state index in [1.165, 1.54) is 0 Å². The molecule has 1 saturated heterocycles. The van der Waals surface area contributed by atoms with E-state index in [4.69, 9.17) is 9.47 Å². The number of rotatable bonds is 1. The summed E-state index contributed by atoms with van der Waals surface area (Å²) < 4.78 is 11.2. The van der Waals surface area contributed by atoms with Crippen molar-refractivity contribution in [3.8, 4) is 0 Å². The molecule has 1 fully saturated rings. The van der Waals surface area contributed by atoms with Crippen LogP contribution in [0.2, 0.25) is 0 Å². The van der Waals surface area contributed by atoms with E-state index in [-0.39, 0.29) is 11.7 Å². The van der Waals surface area contributed by atoms with Crippen LogP contribution in [-0.4, -0.2) is 24.8 Å². The molecule has 1 aliphatic heterocycles. The van der Waals surface area contributed by atoms with Crippen LogP contribution in [0.25, 0.3) is 0 Å². The lowest BCUT2D eigenvalue weighted by molar-refractivity contribution is -0.239. The third-order valence-electron chi connectivity index (χ3n) is 1.89. The van der Waals surface area contributed by atoms with Crippen LogP contribution in [0.15, 0.2) is 0 Å². The number of hydrogen-bond acceptors (Lipinski definition) is 2. The van der Waals surface area contributed by atoms with Crippen molar-refractivity contribution in [1.82, 2.24) is 0 Å². The predicted octanol–water partition coefficient (Wildman–Crippen LogP) is 2.42. The molecule has 3 heteroatoms. The van der Waals surface area contributed by atoms with Crippen molar-refractivity contribution in [2.24, 2.45) is 11.3 Å². The molecule has 0 aromatic carbocycles. The van der Waals surface area contributed by atoms with Crippen LogP contribution in [-0.2, 0) is 9.47 Å². The van der Waals surface area contributed by atoms with Gasteiger partial charge in [-0.25, -0.2) is 0 Å². The van der Waals surface area contributed by atoms with Gasteiger partial charge in [0.1, 0.15) is 0 Å². The molecule has 0 aliphatic carbocycles. The van der Waals surface area contributed by atoms with Crippen molar-refractivity contribution in [3.63, 3.8) is 0 Å². The Hall–Kier alpha value is 0.400. The second kappa shape index (κ2) is 4.07. The molecule has 2 nitrogen and oxygen atoms in total. The van der Waals surface area contributed by atoms with Crippen LogP contribution >= 0.6 is 15.9 Å². The van der Waals surface area contributed by atoms with Crippen molar-refractivity contribution in [3.05, 3.63) is 0 Å². The zero-order valence-corrected chi connectivity index (χ0v) is 9.56. The van der Waals surface area contributed by atoms with Gasteiger partial charge in [-0.05, 0) is 0 Å². The van der Waals surface area contributed by atoms with E-state index in [1.54, 1.807) is 0 Å². The third kappa shape index (κ3) is 2.71. The standard InChI is InChI=1S/C9H17BrO2/c1-9(2,3)8-11-5-7(4-10)6-12-8/h7-8H,4-6H2,1-3H3. The molecule has 0 bridgehead atoms. The molecular formula is C9H17BrO2. The van der Waals surface area contributed by atoms with Crippen LogP contribution in [0, 0.1) is 11.3 Å². The van der Waals surface area contributed by atoms with Crippen molar-refractivity contribution in [1.29, 1.82) is 0 Å². The summed E-state index contributed by atoms with van der Waals surface area (Å²) in [6.45, 7) is 8.02. The normalized spacial score (nSPS) is 32.0. The van der Waals surface area contributed by atoms with Crippen LogP contribution in [0.5, 0.6) is 0 Å². The summed E-state index contributed by atoms with van der Waals surface area (Å²) in [5.41, 5.74) is 0.0945. The molecule has 0 atom stereocenters. The Morgan fingerprint density at radius 1 is 1.25 bits per heavy atom. The van der Waals surface area contributed by atoms with Gasteiger partial charge >= 0.3 is 0 Å². The maximum Gasteiger partial charge on any atom is 0.162 e.